The molecule has 2 aromatic rings. The van der Waals surface area contributed by atoms with Crippen LogP contribution in [0.4, 0.5) is 0 Å². The molecule has 1 aliphatic rings. The van der Waals surface area contributed by atoms with Gasteiger partial charge < -0.3 is 0 Å². The highest BCUT2D eigenvalue weighted by molar-refractivity contribution is 7.89. The first-order valence-corrected chi connectivity index (χ1v) is 8.68. The van der Waals surface area contributed by atoms with Crippen LogP contribution in [0.1, 0.15) is 25.3 Å². The second-order valence-electron chi connectivity index (χ2n) is 5.94. The van der Waals surface area contributed by atoms with Crippen molar-refractivity contribution in [2.24, 2.45) is 5.92 Å². The van der Waals surface area contributed by atoms with E-state index in [0.717, 1.165) is 23.8 Å². The van der Waals surface area contributed by atoms with Gasteiger partial charge in [0.05, 0.1) is 5.52 Å². The molecule has 1 aliphatic carbocycles. The average molecular weight is 304 g/mol. The van der Waals surface area contributed by atoms with Crippen LogP contribution in [0, 0.1) is 12.8 Å². The van der Waals surface area contributed by atoms with Crippen LogP contribution in [0.2, 0.25) is 0 Å². The molecule has 1 saturated carbocycles. The molecule has 0 radical (unpaired) electrons. The Bertz CT molecular complexity index is 782. The lowest BCUT2D eigenvalue weighted by atomic mass is 10.2. The molecule has 4 nitrogen and oxygen atoms in total. The van der Waals surface area contributed by atoms with Crippen LogP contribution in [0.15, 0.2) is 35.4 Å². The third-order valence-electron chi connectivity index (χ3n) is 4.35. The SMILES string of the molecule is Cc1cnc2c(S(=O)(=O)N(C)C(C)C3CC3)cccc2c1. The summed E-state index contributed by atoms with van der Waals surface area (Å²) in [4.78, 5) is 4.64. The van der Waals surface area contributed by atoms with Gasteiger partial charge in [-0.3, -0.25) is 4.98 Å². The lowest BCUT2D eigenvalue weighted by Crippen LogP contribution is -2.36. The summed E-state index contributed by atoms with van der Waals surface area (Å²) in [5.74, 6) is 0.495. The summed E-state index contributed by atoms with van der Waals surface area (Å²) in [6, 6.07) is 7.34. The molecule has 0 spiro atoms. The highest BCUT2D eigenvalue weighted by Gasteiger charge is 2.36. The summed E-state index contributed by atoms with van der Waals surface area (Å²) in [6.07, 6.45) is 3.95. The first-order chi connectivity index (χ1) is 9.91. The van der Waals surface area contributed by atoms with Crippen molar-refractivity contribution in [2.45, 2.75) is 37.6 Å². The Hall–Kier alpha value is -1.46. The number of hydrogen-bond donors (Lipinski definition) is 0. The zero-order valence-electron chi connectivity index (χ0n) is 12.6. The Kier molecular flexibility index (Phi) is 3.50. The largest absolute Gasteiger partial charge is 0.255 e. The number of aryl methyl sites for hydroxylation is 1. The van der Waals surface area contributed by atoms with Gasteiger partial charge in [-0.25, -0.2) is 8.42 Å². The van der Waals surface area contributed by atoms with Gasteiger partial charge >= 0.3 is 0 Å². The minimum atomic E-state index is -3.51. The molecule has 1 fully saturated rings. The minimum absolute atomic E-state index is 0.0377. The minimum Gasteiger partial charge on any atom is -0.255 e. The maximum atomic E-state index is 12.9. The predicted octanol–water partition coefficient (Wildman–Crippen LogP) is 2.96. The van der Waals surface area contributed by atoms with E-state index in [1.807, 2.05) is 26.0 Å². The molecule has 1 atom stereocenters. The van der Waals surface area contributed by atoms with Crippen molar-refractivity contribution in [3.05, 3.63) is 36.0 Å². The molecule has 3 rings (SSSR count). The third kappa shape index (κ3) is 2.56. The first kappa shape index (κ1) is 14.5. The molecule has 5 heteroatoms. The van der Waals surface area contributed by atoms with Crippen molar-refractivity contribution in [3.63, 3.8) is 0 Å². The molecular weight excluding hydrogens is 284 g/mol. The van der Waals surface area contributed by atoms with E-state index < -0.39 is 10.0 Å². The number of hydrogen-bond acceptors (Lipinski definition) is 3. The Labute approximate surface area is 125 Å². The van der Waals surface area contributed by atoms with Gasteiger partial charge in [0.15, 0.2) is 0 Å². The van der Waals surface area contributed by atoms with E-state index in [1.165, 1.54) is 4.31 Å². The number of rotatable bonds is 4. The second-order valence-corrected chi connectivity index (χ2v) is 7.91. The summed E-state index contributed by atoms with van der Waals surface area (Å²) in [7, 11) is -1.84. The fourth-order valence-electron chi connectivity index (χ4n) is 2.70. The van der Waals surface area contributed by atoms with Crippen molar-refractivity contribution in [3.8, 4) is 0 Å². The fraction of sp³-hybridized carbons (Fsp3) is 0.438. The molecule has 1 aromatic heterocycles. The highest BCUT2D eigenvalue weighted by Crippen LogP contribution is 2.37. The Morgan fingerprint density at radius 2 is 2.05 bits per heavy atom. The molecular formula is C16H20N2O2S. The van der Waals surface area contributed by atoms with Crippen LogP contribution in [0.25, 0.3) is 10.9 Å². The lowest BCUT2D eigenvalue weighted by molar-refractivity contribution is 0.357. The average Bonchev–Trinajstić information content (AvgIpc) is 3.29. The van der Waals surface area contributed by atoms with E-state index in [-0.39, 0.29) is 6.04 Å². The van der Waals surface area contributed by atoms with E-state index in [9.17, 15) is 8.42 Å². The van der Waals surface area contributed by atoms with Crippen LogP contribution >= 0.6 is 0 Å². The molecule has 0 bridgehead atoms. The zero-order chi connectivity index (χ0) is 15.2. The van der Waals surface area contributed by atoms with Crippen LogP contribution in [-0.4, -0.2) is 30.8 Å². The smallest absolute Gasteiger partial charge is 0.245 e. The predicted molar refractivity (Wildman–Crippen MR) is 83.6 cm³/mol. The molecule has 112 valence electrons. The molecule has 1 heterocycles. The van der Waals surface area contributed by atoms with Crippen LogP contribution in [-0.2, 0) is 10.0 Å². The fourth-order valence-corrected chi connectivity index (χ4v) is 4.29. The van der Waals surface area contributed by atoms with Crippen LogP contribution in [0.3, 0.4) is 0 Å². The van der Waals surface area contributed by atoms with E-state index in [0.29, 0.717) is 16.3 Å². The maximum Gasteiger partial charge on any atom is 0.245 e. The van der Waals surface area contributed by atoms with Gasteiger partial charge in [0.2, 0.25) is 10.0 Å². The number of para-hydroxylation sites is 1. The van der Waals surface area contributed by atoms with Gasteiger partial charge in [-0.05, 0) is 50.3 Å². The molecule has 21 heavy (non-hydrogen) atoms. The molecule has 0 amide bonds. The summed E-state index contributed by atoms with van der Waals surface area (Å²) in [5, 5.41) is 0.864. The van der Waals surface area contributed by atoms with Gasteiger partial charge in [0, 0.05) is 24.7 Å². The number of pyridine rings is 1. The Balaban J connectivity index is 2.10. The normalized spacial score (nSPS) is 17.3. The third-order valence-corrected chi connectivity index (χ3v) is 6.32. The standard InChI is InChI=1S/C16H20N2O2S/c1-11-9-14-5-4-6-15(16(14)17-10-11)21(19,20)18(3)12(2)13-7-8-13/h4-6,9-10,12-13H,7-8H2,1-3H3. The van der Waals surface area contributed by atoms with Crippen molar-refractivity contribution in [2.75, 3.05) is 7.05 Å². The monoisotopic (exact) mass is 304 g/mol. The van der Waals surface area contributed by atoms with Gasteiger partial charge in [-0.2, -0.15) is 4.31 Å². The highest BCUT2D eigenvalue weighted by atomic mass is 32.2. The number of nitrogens with zero attached hydrogens (tertiary/aromatic N) is 2. The molecule has 0 saturated heterocycles. The molecule has 0 aliphatic heterocycles. The summed E-state index contributed by atoms with van der Waals surface area (Å²) in [5.41, 5.74) is 1.58. The van der Waals surface area contributed by atoms with Crippen LogP contribution in [0.5, 0.6) is 0 Å². The Morgan fingerprint density at radius 1 is 1.33 bits per heavy atom. The van der Waals surface area contributed by atoms with Gasteiger partial charge in [-0.15, -0.1) is 0 Å². The number of sulfonamides is 1. The molecule has 1 aromatic carbocycles. The quantitative estimate of drug-likeness (QED) is 0.872. The van der Waals surface area contributed by atoms with Crippen molar-refractivity contribution in [1.82, 2.24) is 9.29 Å². The first-order valence-electron chi connectivity index (χ1n) is 7.24. The van der Waals surface area contributed by atoms with Gasteiger partial charge in [0.25, 0.3) is 0 Å². The lowest BCUT2D eigenvalue weighted by Gasteiger charge is -2.24. The number of aromatic nitrogens is 1. The topological polar surface area (TPSA) is 50.3 Å². The van der Waals surface area contributed by atoms with Gasteiger partial charge in [0.1, 0.15) is 4.90 Å². The van der Waals surface area contributed by atoms with E-state index in [1.54, 1.807) is 25.4 Å². The van der Waals surface area contributed by atoms with Crippen molar-refractivity contribution >= 4 is 20.9 Å². The van der Waals surface area contributed by atoms with E-state index in [4.69, 9.17) is 0 Å². The second kappa shape index (κ2) is 5.07. The Morgan fingerprint density at radius 3 is 2.71 bits per heavy atom. The summed E-state index contributed by atoms with van der Waals surface area (Å²) in [6.45, 7) is 3.94. The maximum absolute atomic E-state index is 12.9. The number of benzene rings is 1. The van der Waals surface area contributed by atoms with E-state index in [2.05, 4.69) is 4.98 Å². The van der Waals surface area contributed by atoms with Crippen molar-refractivity contribution in [1.29, 1.82) is 0 Å². The van der Waals surface area contributed by atoms with E-state index >= 15 is 0 Å². The van der Waals surface area contributed by atoms with Crippen LogP contribution < -0.4 is 0 Å². The number of fused-ring (bicyclic) bond motifs is 1. The summed E-state index contributed by atoms with van der Waals surface area (Å²) >= 11 is 0. The van der Waals surface area contributed by atoms with Crippen molar-refractivity contribution < 1.29 is 8.42 Å². The zero-order valence-corrected chi connectivity index (χ0v) is 13.4. The summed E-state index contributed by atoms with van der Waals surface area (Å²) < 4.78 is 27.3. The molecule has 1 unspecified atom stereocenters. The molecule has 0 N–H and O–H groups in total. The van der Waals surface area contributed by atoms with Gasteiger partial charge in [-0.1, -0.05) is 12.1 Å².